The van der Waals surface area contributed by atoms with Gasteiger partial charge in [0.2, 0.25) is 0 Å². The summed E-state index contributed by atoms with van der Waals surface area (Å²) in [4.78, 5) is 23.8. The first-order chi connectivity index (χ1) is 29.4. The van der Waals surface area contributed by atoms with Crippen LogP contribution in [-0.2, 0) is 66.4 Å². The second-order valence-electron chi connectivity index (χ2n) is 11.9. The van der Waals surface area contributed by atoms with E-state index >= 15 is 0 Å². The van der Waals surface area contributed by atoms with Gasteiger partial charge in [-0.05, 0) is 24.3 Å². The Kier molecular flexibility index (Phi) is 35.0. The predicted molar refractivity (Wildman–Crippen MR) is 223 cm³/mol. The van der Waals surface area contributed by atoms with Crippen LogP contribution in [0.25, 0.3) is 0 Å². The van der Waals surface area contributed by atoms with Crippen LogP contribution in [0, 0.1) is 0 Å². The molecule has 2 rings (SSSR count). The maximum atomic E-state index is 11.9. The van der Waals surface area contributed by atoms with E-state index in [1.165, 1.54) is 0 Å². The van der Waals surface area contributed by atoms with Gasteiger partial charge in [0.25, 0.3) is 0 Å². The normalized spacial score (nSPS) is 11.3. The van der Waals surface area contributed by atoms with Crippen LogP contribution in [0.5, 0.6) is 11.5 Å². The van der Waals surface area contributed by atoms with Crippen molar-refractivity contribution in [2.24, 2.45) is 0 Å². The van der Waals surface area contributed by atoms with E-state index in [1.807, 2.05) is 0 Å². The van der Waals surface area contributed by atoms with Crippen LogP contribution in [0.3, 0.4) is 0 Å². The molecule has 0 saturated heterocycles. The Hall–Kier alpha value is -1.94. The average molecular weight is 937 g/mol. The molecule has 0 amide bonds. The Morgan fingerprint density at radius 1 is 0.300 bits per heavy atom. The molecule has 16 nitrogen and oxygen atoms in total. The second-order valence-corrected chi connectivity index (χ2v) is 13.5. The van der Waals surface area contributed by atoms with E-state index < -0.39 is 11.9 Å². The molecule has 0 aliphatic carbocycles. The molecular formula is C40H58Cl4O16. The molecule has 342 valence electrons. The van der Waals surface area contributed by atoms with Gasteiger partial charge in [0.15, 0.2) is 11.5 Å². The van der Waals surface area contributed by atoms with Crippen LogP contribution in [0.1, 0.15) is 12.8 Å². The Morgan fingerprint density at radius 2 is 0.467 bits per heavy atom. The Bertz CT molecular complexity index is 1240. The van der Waals surface area contributed by atoms with E-state index in [-0.39, 0.29) is 57.6 Å². The lowest BCUT2D eigenvalue weighted by Crippen LogP contribution is -2.16. The van der Waals surface area contributed by atoms with Crippen LogP contribution < -0.4 is 9.47 Å². The molecule has 20 heteroatoms. The summed E-state index contributed by atoms with van der Waals surface area (Å²) in [7, 11) is 0. The van der Waals surface area contributed by atoms with Crippen molar-refractivity contribution in [2.45, 2.75) is 12.8 Å². The van der Waals surface area contributed by atoms with Crippen molar-refractivity contribution < 1.29 is 75.9 Å². The van der Waals surface area contributed by atoms with Gasteiger partial charge in [-0.1, -0.05) is 58.5 Å². The zero-order valence-corrected chi connectivity index (χ0v) is 36.9. The number of benzene rings is 2. The summed E-state index contributed by atoms with van der Waals surface area (Å²) in [6.45, 7) is 9.93. The molecule has 0 heterocycles. The number of hydrogen-bond donors (Lipinski definition) is 0. The smallest absolute Gasteiger partial charge is 0.313 e. The molecule has 0 atom stereocenters. The van der Waals surface area contributed by atoms with Crippen molar-refractivity contribution in [3.63, 3.8) is 0 Å². The van der Waals surface area contributed by atoms with Crippen molar-refractivity contribution in [1.29, 1.82) is 0 Å². The third-order valence-corrected chi connectivity index (χ3v) is 8.45. The number of halogens is 4. The quantitative estimate of drug-likeness (QED) is 0.0447. The highest BCUT2D eigenvalue weighted by Gasteiger charge is 2.13. The molecule has 0 unspecified atom stereocenters. The minimum atomic E-state index is -0.487. The molecule has 0 aliphatic heterocycles. The van der Waals surface area contributed by atoms with Gasteiger partial charge in [0.1, 0.15) is 0 Å². The average Bonchev–Trinajstić information content (AvgIpc) is 3.23. The monoisotopic (exact) mass is 934 g/mol. The highest BCUT2D eigenvalue weighted by Crippen LogP contribution is 2.33. The van der Waals surface area contributed by atoms with Gasteiger partial charge in [-0.3, -0.25) is 9.59 Å². The topological polar surface area (TPSA) is 163 Å². The van der Waals surface area contributed by atoms with E-state index in [4.69, 9.17) is 113 Å². The summed E-state index contributed by atoms with van der Waals surface area (Å²) in [5.74, 6) is -0.680. The zero-order valence-electron chi connectivity index (χ0n) is 33.9. The van der Waals surface area contributed by atoms with Gasteiger partial charge >= 0.3 is 11.9 Å². The van der Waals surface area contributed by atoms with Gasteiger partial charge in [-0.15, -0.1) is 0 Å². The molecule has 0 saturated carbocycles. The molecular weight excluding hydrogens is 878 g/mol. The minimum Gasteiger partial charge on any atom is -0.423 e. The van der Waals surface area contributed by atoms with E-state index in [2.05, 4.69) is 0 Å². The number of rotatable bonds is 41. The van der Waals surface area contributed by atoms with Gasteiger partial charge in [-0.2, -0.15) is 0 Å². The lowest BCUT2D eigenvalue weighted by atomic mass is 10.3. The maximum absolute atomic E-state index is 11.9. The van der Waals surface area contributed by atoms with E-state index in [0.29, 0.717) is 145 Å². The van der Waals surface area contributed by atoms with Crippen molar-refractivity contribution >= 4 is 58.3 Å². The van der Waals surface area contributed by atoms with Gasteiger partial charge in [0.05, 0.1) is 191 Å². The Labute approximate surface area is 372 Å². The van der Waals surface area contributed by atoms with Crippen LogP contribution in [0.2, 0.25) is 20.1 Å². The van der Waals surface area contributed by atoms with Gasteiger partial charge < -0.3 is 66.3 Å². The summed E-state index contributed by atoms with van der Waals surface area (Å²) < 4.78 is 75.8. The fourth-order valence-electron chi connectivity index (χ4n) is 4.32. The number of para-hydroxylation sites is 2. The largest absolute Gasteiger partial charge is 0.423 e. The summed E-state index contributed by atoms with van der Waals surface area (Å²) in [5.41, 5.74) is 0. The van der Waals surface area contributed by atoms with E-state index in [9.17, 15) is 9.59 Å². The van der Waals surface area contributed by atoms with Crippen molar-refractivity contribution in [3.8, 4) is 11.5 Å². The molecule has 0 spiro atoms. The maximum Gasteiger partial charge on any atom is 0.313 e. The van der Waals surface area contributed by atoms with Crippen molar-refractivity contribution in [2.75, 3.05) is 159 Å². The number of carbonyl (C=O) groups is 2. The molecule has 0 aromatic heterocycles. The number of hydrogen-bond acceptors (Lipinski definition) is 16. The fraction of sp³-hybridized carbons (Fsp3) is 0.650. The standard InChI is InChI=1S/C40H58Cl4O16/c41-33-3-1-4-34(42)39(33)59-37(45)7-9-47-11-13-49-15-17-51-19-21-53-23-25-55-27-29-57-31-32-58-30-28-56-26-24-54-22-20-52-18-16-50-14-12-48-10-8-38(46)60-40-35(43)5-2-6-36(40)44/h1-6H,7-32H2. The molecule has 0 aliphatic rings. The molecule has 0 radical (unpaired) electrons. The number of carbonyl (C=O) groups excluding carboxylic acids is 2. The first kappa shape index (κ1) is 54.2. The molecule has 60 heavy (non-hydrogen) atoms. The van der Waals surface area contributed by atoms with Crippen LogP contribution in [-0.4, -0.2) is 171 Å². The Morgan fingerprint density at radius 3 is 0.650 bits per heavy atom. The fourth-order valence-corrected chi connectivity index (χ4v) is 5.27. The summed E-state index contributed by atoms with van der Waals surface area (Å²) in [5, 5.41) is 1.07. The predicted octanol–water partition coefficient (Wildman–Crippen LogP) is 5.79. The second kappa shape index (κ2) is 38.7. The summed E-state index contributed by atoms with van der Waals surface area (Å²) in [6.07, 6.45) is 0.123. The summed E-state index contributed by atoms with van der Waals surface area (Å²) >= 11 is 24.0. The lowest BCUT2D eigenvalue weighted by molar-refractivity contribution is -0.136. The highest BCUT2D eigenvalue weighted by molar-refractivity contribution is 6.37. The Balaban J connectivity index is 1.16. The van der Waals surface area contributed by atoms with Crippen LogP contribution >= 0.6 is 46.4 Å². The molecule has 0 N–H and O–H groups in total. The third-order valence-electron chi connectivity index (χ3n) is 7.26. The third kappa shape index (κ3) is 30.2. The van der Waals surface area contributed by atoms with Crippen molar-refractivity contribution in [3.05, 3.63) is 56.5 Å². The zero-order chi connectivity index (χ0) is 43.1. The van der Waals surface area contributed by atoms with Crippen molar-refractivity contribution in [1.82, 2.24) is 0 Å². The molecule has 2 aromatic carbocycles. The molecule has 0 bridgehead atoms. The first-order valence-electron chi connectivity index (χ1n) is 19.6. The number of ether oxygens (including phenoxy) is 14. The van der Waals surface area contributed by atoms with Crippen LogP contribution in [0.4, 0.5) is 0 Å². The number of esters is 2. The van der Waals surface area contributed by atoms with Crippen LogP contribution in [0.15, 0.2) is 36.4 Å². The lowest BCUT2D eigenvalue weighted by Gasteiger charge is -2.09. The van der Waals surface area contributed by atoms with Gasteiger partial charge in [0, 0.05) is 0 Å². The van der Waals surface area contributed by atoms with Gasteiger partial charge in [-0.25, -0.2) is 0 Å². The van der Waals surface area contributed by atoms with E-state index in [1.54, 1.807) is 36.4 Å². The molecule has 0 fully saturated rings. The first-order valence-corrected chi connectivity index (χ1v) is 21.1. The van der Waals surface area contributed by atoms with E-state index in [0.717, 1.165) is 0 Å². The SMILES string of the molecule is O=C(CCOCCOCCOCCOCCOCCOCCOCCOCCOCCOCCOCCOCCC(=O)Oc1c(Cl)cccc1Cl)Oc1c(Cl)cccc1Cl. The highest BCUT2D eigenvalue weighted by atomic mass is 35.5. The summed E-state index contributed by atoms with van der Waals surface area (Å²) in [6, 6.07) is 9.70. The minimum absolute atomic E-state index is 0.0617. The molecule has 2 aromatic rings.